The normalized spacial score (nSPS) is 17.6. The molecule has 4 aromatic carbocycles. The quantitative estimate of drug-likeness (QED) is 0.166. The number of nitrogens with zero attached hydrogens (tertiary/aromatic N) is 4. The van der Waals surface area contributed by atoms with Crippen LogP contribution >= 0.6 is 0 Å². The van der Waals surface area contributed by atoms with E-state index in [0.29, 0.717) is 33.8 Å². The lowest BCUT2D eigenvalue weighted by Gasteiger charge is -2.27. The van der Waals surface area contributed by atoms with Crippen LogP contribution in [0.5, 0.6) is 5.88 Å². The Kier molecular flexibility index (Phi) is 6.77. The number of hydrogen-bond acceptors (Lipinski definition) is 6. The molecule has 5 aromatic rings. The summed E-state index contributed by atoms with van der Waals surface area (Å²) < 4.78 is 3.17. The second-order valence-corrected chi connectivity index (χ2v) is 14.5. The Morgan fingerprint density at radius 1 is 0.646 bits per heavy atom. The van der Waals surface area contributed by atoms with Gasteiger partial charge in [-0.2, -0.15) is 0 Å². The van der Waals surface area contributed by atoms with E-state index >= 15 is 0 Å². The topological polar surface area (TPSA) is 96.9 Å². The number of aromatic hydroxyl groups is 1. The van der Waals surface area contributed by atoms with Gasteiger partial charge in [0, 0.05) is 56.5 Å². The number of likely N-dealkylation sites (N-methyl/N-ethyl adjacent to an activating group) is 1. The number of fused-ring (bicyclic) bond motifs is 2. The third-order valence-electron chi connectivity index (χ3n) is 11.5. The molecule has 0 unspecified atom stereocenters. The molecule has 2 fully saturated rings. The van der Waals surface area contributed by atoms with Crippen LogP contribution in [0.2, 0.25) is 0 Å². The van der Waals surface area contributed by atoms with Gasteiger partial charge < -0.3 is 10.0 Å². The van der Waals surface area contributed by atoms with Gasteiger partial charge in [0.1, 0.15) is 0 Å². The van der Waals surface area contributed by atoms with Crippen LogP contribution in [0.1, 0.15) is 76.3 Å². The van der Waals surface area contributed by atoms with Crippen LogP contribution in [0.4, 0.5) is 0 Å². The van der Waals surface area contributed by atoms with Gasteiger partial charge in [-0.3, -0.25) is 28.5 Å². The van der Waals surface area contributed by atoms with E-state index in [-0.39, 0.29) is 34.6 Å². The summed E-state index contributed by atoms with van der Waals surface area (Å²) in [5.41, 5.74) is 0.651. The molecule has 0 bridgehead atoms. The summed E-state index contributed by atoms with van der Waals surface area (Å²) in [4.78, 5) is 49.9. The lowest BCUT2D eigenvalue weighted by molar-refractivity contribution is 0.308. The van der Waals surface area contributed by atoms with E-state index in [9.17, 15) is 19.5 Å². The van der Waals surface area contributed by atoms with Gasteiger partial charge >= 0.3 is 0 Å². The maximum Gasteiger partial charge on any atom is 0.261 e. The molecule has 4 aliphatic rings. The number of hydrogen-bond donors (Lipinski definition) is 1. The predicted octanol–water partition coefficient (Wildman–Crippen LogP) is 6.73. The molecule has 8 nitrogen and oxygen atoms in total. The molecule has 0 saturated heterocycles. The Bertz CT molecular complexity index is 2590. The van der Waals surface area contributed by atoms with Gasteiger partial charge in [-0.25, -0.2) is 0 Å². The molecule has 1 aromatic heterocycles. The Morgan fingerprint density at radius 3 is 1.88 bits per heavy atom. The average molecular weight is 641 g/mol. The summed E-state index contributed by atoms with van der Waals surface area (Å²) >= 11 is 0. The molecule has 244 valence electrons. The van der Waals surface area contributed by atoms with Gasteiger partial charge in [0.15, 0.2) is 0 Å². The minimum atomic E-state index is -0.226. The summed E-state index contributed by atoms with van der Waals surface area (Å²) in [5.74, 6) is 0.0361. The van der Waals surface area contributed by atoms with Crippen molar-refractivity contribution in [3.05, 3.63) is 78.9 Å². The molecular formula is C40H40N4O4. The molecule has 3 aliphatic carbocycles. The highest BCUT2D eigenvalue weighted by Gasteiger charge is 2.30. The van der Waals surface area contributed by atoms with Crippen LogP contribution in [-0.2, 0) is 0 Å². The predicted molar refractivity (Wildman–Crippen MR) is 194 cm³/mol. The largest absolute Gasteiger partial charge is 0.494 e. The van der Waals surface area contributed by atoms with E-state index in [1.807, 2.05) is 56.6 Å². The Hall–Kier alpha value is -4.56. The summed E-state index contributed by atoms with van der Waals surface area (Å²) in [6, 6.07) is 13.6. The number of pyridine rings is 2. The van der Waals surface area contributed by atoms with Crippen LogP contribution in [0, 0.1) is 0 Å². The molecule has 8 heteroatoms. The highest BCUT2D eigenvalue weighted by Crippen LogP contribution is 2.46. The van der Waals surface area contributed by atoms with E-state index in [1.165, 1.54) is 4.57 Å². The molecule has 0 radical (unpaired) electrons. The molecule has 0 amide bonds. The van der Waals surface area contributed by atoms with E-state index in [1.54, 1.807) is 4.57 Å². The van der Waals surface area contributed by atoms with Gasteiger partial charge in [0.25, 0.3) is 16.7 Å². The number of rotatable bonds is 5. The SMILES string of the molecule is CN(C)CCN=c1cc2c(=O)n(C3CCCCC3)c(=O)c3ccc4c5ccc6c(O)n(C7CCCCC7)c(=O)c7ccc(c1c4c3-2)c5c67. The van der Waals surface area contributed by atoms with E-state index in [4.69, 9.17) is 4.99 Å². The molecular weight excluding hydrogens is 600 g/mol. The van der Waals surface area contributed by atoms with E-state index in [0.717, 1.165) is 114 Å². The fraction of sp³-hybridized carbons (Fsp3) is 0.400. The minimum absolute atomic E-state index is 0.0103. The lowest BCUT2D eigenvalue weighted by atomic mass is 9.83. The maximum atomic E-state index is 14.4. The molecule has 1 aliphatic heterocycles. The lowest BCUT2D eigenvalue weighted by Crippen LogP contribution is -2.39. The van der Waals surface area contributed by atoms with Crippen molar-refractivity contribution < 1.29 is 5.11 Å². The van der Waals surface area contributed by atoms with Crippen LogP contribution in [0.25, 0.3) is 65.0 Å². The van der Waals surface area contributed by atoms with Gasteiger partial charge in [-0.05, 0) is 85.6 Å². The van der Waals surface area contributed by atoms with Crippen LogP contribution in [0.15, 0.2) is 61.8 Å². The average Bonchev–Trinajstić information content (AvgIpc) is 3.10. The number of benzene rings is 5. The second-order valence-electron chi connectivity index (χ2n) is 14.5. The van der Waals surface area contributed by atoms with E-state index in [2.05, 4.69) is 4.90 Å². The fourth-order valence-electron chi connectivity index (χ4n) is 9.24. The van der Waals surface area contributed by atoms with Crippen molar-refractivity contribution in [1.82, 2.24) is 14.0 Å². The fourth-order valence-corrected chi connectivity index (χ4v) is 9.24. The van der Waals surface area contributed by atoms with Crippen molar-refractivity contribution in [3.63, 3.8) is 0 Å². The van der Waals surface area contributed by atoms with Crippen LogP contribution in [-0.4, -0.2) is 46.3 Å². The molecule has 0 atom stereocenters. The monoisotopic (exact) mass is 640 g/mol. The van der Waals surface area contributed by atoms with Gasteiger partial charge in [0.05, 0.1) is 17.5 Å². The van der Waals surface area contributed by atoms with Crippen LogP contribution < -0.4 is 22.0 Å². The van der Waals surface area contributed by atoms with Crippen molar-refractivity contribution in [2.45, 2.75) is 76.3 Å². The van der Waals surface area contributed by atoms with Crippen LogP contribution in [0.3, 0.4) is 0 Å². The van der Waals surface area contributed by atoms with Gasteiger partial charge in [0.2, 0.25) is 5.88 Å². The summed E-state index contributed by atoms with van der Waals surface area (Å²) in [7, 11) is 4.03. The molecule has 9 rings (SSSR count). The van der Waals surface area contributed by atoms with Crippen molar-refractivity contribution >= 4 is 53.9 Å². The zero-order valence-corrected chi connectivity index (χ0v) is 27.6. The summed E-state index contributed by atoms with van der Waals surface area (Å²) in [5, 5.41) is 20.4. The van der Waals surface area contributed by atoms with Crippen molar-refractivity contribution in [3.8, 4) is 17.0 Å². The first-order valence-electron chi connectivity index (χ1n) is 17.7. The van der Waals surface area contributed by atoms with E-state index < -0.39 is 0 Å². The second kappa shape index (κ2) is 11.0. The molecule has 48 heavy (non-hydrogen) atoms. The Balaban J connectivity index is 1.44. The molecule has 2 saturated carbocycles. The number of aromatic nitrogens is 2. The third kappa shape index (κ3) is 4.11. The minimum Gasteiger partial charge on any atom is -0.494 e. The van der Waals surface area contributed by atoms with Gasteiger partial charge in [-0.15, -0.1) is 0 Å². The standard InChI is InChI=1S/C40H40N4O4/c1-42(2)20-19-41-31-21-30-34-29(39(47)44(40(30)48)23-11-7-4-8-12-23)17-14-25-24-13-16-27-33-28(18-15-26(32(24)33)35(31)36(25)34)38(46)43(37(27)45)22-9-5-3-6-10-22/h13-18,21-23,45H,3-12,19-20H2,1-2H3. The zero-order chi connectivity index (χ0) is 32.8. The van der Waals surface area contributed by atoms with Crippen molar-refractivity contribution in [1.29, 1.82) is 0 Å². The first kappa shape index (κ1) is 29.6. The first-order valence-corrected chi connectivity index (χ1v) is 17.7. The van der Waals surface area contributed by atoms with Crippen molar-refractivity contribution in [2.24, 2.45) is 4.99 Å². The summed E-state index contributed by atoms with van der Waals surface area (Å²) in [6.45, 7) is 1.28. The molecule has 0 spiro atoms. The van der Waals surface area contributed by atoms with Gasteiger partial charge in [-0.1, -0.05) is 56.7 Å². The maximum absolute atomic E-state index is 14.4. The highest BCUT2D eigenvalue weighted by molar-refractivity contribution is 6.37. The Labute approximate surface area is 276 Å². The third-order valence-corrected chi connectivity index (χ3v) is 11.5. The molecule has 1 N–H and O–H groups in total. The first-order chi connectivity index (χ1) is 23.3. The molecule has 2 heterocycles. The smallest absolute Gasteiger partial charge is 0.261 e. The zero-order valence-electron chi connectivity index (χ0n) is 27.6. The van der Waals surface area contributed by atoms with Crippen molar-refractivity contribution in [2.75, 3.05) is 27.2 Å². The Morgan fingerprint density at radius 2 is 1.19 bits per heavy atom. The summed E-state index contributed by atoms with van der Waals surface area (Å²) in [6.07, 6.45) is 9.89. The highest BCUT2D eigenvalue weighted by atomic mass is 16.3.